The van der Waals surface area contributed by atoms with E-state index in [9.17, 15) is 5.11 Å². The Morgan fingerprint density at radius 3 is 2.25 bits per heavy atom. The van der Waals surface area contributed by atoms with Gasteiger partial charge in [-0.25, -0.2) is 0 Å². The van der Waals surface area contributed by atoms with Gasteiger partial charge in [-0.1, -0.05) is 0 Å². The number of halogens is 1. The lowest BCUT2D eigenvalue weighted by atomic mass is 10.1. The third kappa shape index (κ3) is 10.2. The van der Waals surface area contributed by atoms with Gasteiger partial charge in [0.25, 0.3) is 0 Å². The van der Waals surface area contributed by atoms with Gasteiger partial charge in [-0.3, -0.25) is 0 Å². The molecule has 0 aromatic rings. The van der Waals surface area contributed by atoms with E-state index in [1.54, 1.807) is 7.11 Å². The van der Waals surface area contributed by atoms with Gasteiger partial charge in [0, 0.05) is 19.2 Å². The molecule has 0 radical (unpaired) electrons. The molecular weight excluding hydrogens is 178 g/mol. The largest absolute Gasteiger partial charge is 0.389 e. The Morgan fingerprint density at radius 2 is 1.92 bits per heavy atom. The van der Waals surface area contributed by atoms with Crippen molar-refractivity contribution in [3.63, 3.8) is 0 Å². The molecule has 0 saturated heterocycles. The van der Waals surface area contributed by atoms with Crippen LogP contribution in [0.2, 0.25) is 0 Å². The number of nitrogens with one attached hydrogen (secondary N) is 1. The van der Waals surface area contributed by atoms with Gasteiger partial charge in [0.1, 0.15) is 0 Å². The fourth-order valence-corrected chi connectivity index (χ4v) is 0.675. The Hall–Kier alpha value is 0.170. The molecule has 12 heavy (non-hydrogen) atoms. The molecular formula is C8H20ClNO2. The minimum atomic E-state index is -0.403. The number of hydrogen-bond donors (Lipinski definition) is 2. The van der Waals surface area contributed by atoms with Crippen molar-refractivity contribution in [1.29, 1.82) is 0 Å². The highest BCUT2D eigenvalue weighted by Crippen LogP contribution is 1.98. The van der Waals surface area contributed by atoms with Crippen LogP contribution in [0, 0.1) is 0 Å². The monoisotopic (exact) mass is 197 g/mol. The van der Waals surface area contributed by atoms with Gasteiger partial charge >= 0.3 is 0 Å². The average molecular weight is 198 g/mol. The summed E-state index contributed by atoms with van der Waals surface area (Å²) in [6.07, 6.45) is -0.403. The van der Waals surface area contributed by atoms with Gasteiger partial charge in [0.2, 0.25) is 0 Å². The highest BCUT2D eigenvalue weighted by atomic mass is 35.5. The molecule has 0 spiro atoms. The van der Waals surface area contributed by atoms with Gasteiger partial charge in [0.15, 0.2) is 0 Å². The van der Waals surface area contributed by atoms with Crippen molar-refractivity contribution in [2.45, 2.75) is 32.4 Å². The van der Waals surface area contributed by atoms with Crippen LogP contribution in [0.4, 0.5) is 0 Å². The number of ether oxygens (including phenoxy) is 1. The zero-order valence-electron chi connectivity index (χ0n) is 8.26. The summed E-state index contributed by atoms with van der Waals surface area (Å²) in [6.45, 7) is 7.16. The first-order valence-corrected chi connectivity index (χ1v) is 3.88. The molecule has 0 aromatic heterocycles. The van der Waals surface area contributed by atoms with E-state index in [0.29, 0.717) is 13.2 Å². The number of rotatable bonds is 4. The molecule has 0 aliphatic heterocycles. The van der Waals surface area contributed by atoms with Crippen LogP contribution >= 0.6 is 12.4 Å². The fourth-order valence-electron chi connectivity index (χ4n) is 0.675. The van der Waals surface area contributed by atoms with Crippen molar-refractivity contribution in [3.05, 3.63) is 0 Å². The van der Waals surface area contributed by atoms with Gasteiger partial charge in [-0.15, -0.1) is 12.4 Å². The molecule has 0 rings (SSSR count). The lowest BCUT2D eigenvalue weighted by Crippen LogP contribution is -2.42. The van der Waals surface area contributed by atoms with Gasteiger partial charge in [-0.2, -0.15) is 0 Å². The SMILES string of the molecule is COCC(O)CNC(C)(C)C.Cl. The van der Waals surface area contributed by atoms with Crippen LogP contribution in [0.15, 0.2) is 0 Å². The van der Waals surface area contributed by atoms with Crippen molar-refractivity contribution in [2.24, 2.45) is 0 Å². The summed E-state index contributed by atoms with van der Waals surface area (Å²) in [5.41, 5.74) is 0.0642. The Bertz CT molecular complexity index is 104. The quantitative estimate of drug-likeness (QED) is 0.701. The van der Waals surface area contributed by atoms with Gasteiger partial charge < -0.3 is 15.2 Å². The summed E-state index contributed by atoms with van der Waals surface area (Å²) in [5.74, 6) is 0. The summed E-state index contributed by atoms with van der Waals surface area (Å²) >= 11 is 0. The van der Waals surface area contributed by atoms with Crippen molar-refractivity contribution >= 4 is 12.4 Å². The molecule has 0 fully saturated rings. The van der Waals surface area contributed by atoms with Crippen molar-refractivity contribution < 1.29 is 9.84 Å². The van der Waals surface area contributed by atoms with E-state index in [0.717, 1.165) is 0 Å². The fraction of sp³-hybridized carbons (Fsp3) is 1.00. The van der Waals surface area contributed by atoms with E-state index in [-0.39, 0.29) is 17.9 Å². The number of hydrogen-bond acceptors (Lipinski definition) is 3. The Kier molecular flexibility index (Phi) is 8.15. The van der Waals surface area contributed by atoms with Gasteiger partial charge in [-0.05, 0) is 20.8 Å². The van der Waals surface area contributed by atoms with Crippen molar-refractivity contribution in [3.8, 4) is 0 Å². The van der Waals surface area contributed by atoms with Crippen LogP contribution in [0.5, 0.6) is 0 Å². The predicted octanol–water partition coefficient (Wildman–Crippen LogP) is 0.804. The lowest BCUT2D eigenvalue weighted by molar-refractivity contribution is 0.0605. The van der Waals surface area contributed by atoms with Gasteiger partial charge in [0.05, 0.1) is 12.7 Å². The topological polar surface area (TPSA) is 41.5 Å². The molecule has 1 atom stereocenters. The normalized spacial score (nSPS) is 13.8. The summed E-state index contributed by atoms with van der Waals surface area (Å²) in [4.78, 5) is 0. The van der Waals surface area contributed by atoms with E-state index >= 15 is 0 Å². The molecule has 0 bridgehead atoms. The van der Waals surface area contributed by atoms with E-state index in [1.807, 2.05) is 0 Å². The second-order valence-electron chi connectivity index (χ2n) is 3.74. The molecule has 2 N–H and O–H groups in total. The predicted molar refractivity (Wildman–Crippen MR) is 52.9 cm³/mol. The number of β-amino-alcohol motifs (C(OH)–C–C–N with tert-alkyl or cyclic N) is 1. The molecule has 0 heterocycles. The highest BCUT2D eigenvalue weighted by molar-refractivity contribution is 5.85. The third-order valence-corrected chi connectivity index (χ3v) is 1.23. The first-order valence-electron chi connectivity index (χ1n) is 3.88. The molecule has 3 nitrogen and oxygen atoms in total. The molecule has 0 aliphatic rings. The minimum absolute atomic E-state index is 0. The van der Waals surface area contributed by atoms with Crippen LogP contribution in [0.3, 0.4) is 0 Å². The van der Waals surface area contributed by atoms with Crippen LogP contribution in [0.25, 0.3) is 0 Å². The standard InChI is InChI=1S/C8H19NO2.ClH/c1-8(2,3)9-5-7(10)6-11-4;/h7,9-10H,5-6H2,1-4H3;1H. The summed E-state index contributed by atoms with van der Waals surface area (Å²) in [6, 6.07) is 0. The maximum absolute atomic E-state index is 9.22. The Morgan fingerprint density at radius 1 is 1.42 bits per heavy atom. The molecule has 0 saturated carbocycles. The molecule has 76 valence electrons. The maximum Gasteiger partial charge on any atom is 0.0897 e. The maximum atomic E-state index is 9.22. The molecule has 0 aliphatic carbocycles. The first kappa shape index (κ1) is 14.7. The molecule has 1 unspecified atom stereocenters. The smallest absolute Gasteiger partial charge is 0.0897 e. The summed E-state index contributed by atoms with van der Waals surface area (Å²) in [5, 5.41) is 12.4. The van der Waals surface area contributed by atoms with Crippen molar-refractivity contribution in [2.75, 3.05) is 20.3 Å². The minimum Gasteiger partial charge on any atom is -0.389 e. The third-order valence-electron chi connectivity index (χ3n) is 1.23. The van der Waals surface area contributed by atoms with E-state index in [2.05, 4.69) is 26.1 Å². The molecule has 4 heteroatoms. The number of methoxy groups -OCH3 is 1. The Balaban J connectivity index is 0. The van der Waals surface area contributed by atoms with E-state index in [1.165, 1.54) is 0 Å². The molecule has 0 amide bonds. The van der Waals surface area contributed by atoms with Crippen LogP contribution in [0.1, 0.15) is 20.8 Å². The van der Waals surface area contributed by atoms with E-state index in [4.69, 9.17) is 4.74 Å². The van der Waals surface area contributed by atoms with E-state index < -0.39 is 6.10 Å². The molecule has 0 aromatic carbocycles. The van der Waals surface area contributed by atoms with Crippen LogP contribution in [-0.4, -0.2) is 37.0 Å². The Labute approximate surface area is 80.9 Å². The average Bonchev–Trinajstić information content (AvgIpc) is 1.83. The zero-order valence-corrected chi connectivity index (χ0v) is 9.07. The number of aliphatic hydroxyl groups is 1. The first-order chi connectivity index (χ1) is 4.95. The lowest BCUT2D eigenvalue weighted by Gasteiger charge is -2.22. The van der Waals surface area contributed by atoms with Crippen LogP contribution < -0.4 is 5.32 Å². The number of aliphatic hydroxyl groups excluding tert-OH is 1. The summed E-state index contributed by atoms with van der Waals surface area (Å²) < 4.78 is 4.78. The zero-order chi connectivity index (χ0) is 8.91. The van der Waals surface area contributed by atoms with Crippen molar-refractivity contribution in [1.82, 2.24) is 5.32 Å². The second-order valence-corrected chi connectivity index (χ2v) is 3.74. The van der Waals surface area contributed by atoms with Crippen LogP contribution in [-0.2, 0) is 4.74 Å². The second kappa shape index (κ2) is 6.66. The highest BCUT2D eigenvalue weighted by Gasteiger charge is 2.11. The summed E-state index contributed by atoms with van der Waals surface area (Å²) in [7, 11) is 1.58.